The van der Waals surface area contributed by atoms with E-state index in [0.717, 1.165) is 16.7 Å². The first kappa shape index (κ1) is 20.1. The topological polar surface area (TPSA) is 57.7 Å². The number of amides is 1. The molecule has 1 heterocycles. The first-order valence-corrected chi connectivity index (χ1v) is 10.8. The summed E-state index contributed by atoms with van der Waals surface area (Å²) in [6, 6.07) is 8.80. The molecule has 0 radical (unpaired) electrons. The maximum atomic E-state index is 13.1. The number of alkyl halides is 3. The highest BCUT2D eigenvalue weighted by Gasteiger charge is 2.52. The van der Waals surface area contributed by atoms with E-state index in [9.17, 15) is 26.4 Å². The molecule has 0 aromatic heterocycles. The predicted octanol–water partition coefficient (Wildman–Crippen LogP) is 2.61. The van der Waals surface area contributed by atoms with E-state index in [1.165, 1.54) is 4.31 Å². The predicted molar refractivity (Wildman–Crippen MR) is 94.5 cm³/mol. The molecular formula is C18H23F3N2O3S. The molecule has 3 rings (SSSR count). The SMILES string of the molecule is CS(=O)(=O)N1CCC(CN(C(=O)C(F)(F)F)[C@@H]2C[C@H]2c2ccccc2)CC1. The second-order valence-corrected chi connectivity index (χ2v) is 9.36. The number of hydrogen-bond acceptors (Lipinski definition) is 3. The highest BCUT2D eigenvalue weighted by Crippen LogP contribution is 2.46. The molecule has 1 aromatic carbocycles. The Bertz CT molecular complexity index is 775. The normalized spacial score (nSPS) is 24.6. The van der Waals surface area contributed by atoms with Gasteiger partial charge < -0.3 is 4.90 Å². The molecule has 2 atom stereocenters. The van der Waals surface area contributed by atoms with Crippen LogP contribution in [0.1, 0.15) is 30.7 Å². The summed E-state index contributed by atoms with van der Waals surface area (Å²) in [5, 5.41) is 0. The van der Waals surface area contributed by atoms with E-state index in [-0.39, 0.29) is 31.5 Å². The van der Waals surface area contributed by atoms with Crippen molar-refractivity contribution in [2.24, 2.45) is 5.92 Å². The standard InChI is InChI=1S/C18H23F3N2O3S/c1-27(25,26)22-9-7-13(8-10-22)12-23(17(24)18(19,20)21)16-11-15(16)14-5-3-2-4-6-14/h2-6,13,15-16H,7-12H2,1H3/t15-,16+/m0/s1. The molecule has 27 heavy (non-hydrogen) atoms. The Hall–Kier alpha value is -1.61. The Morgan fingerprint density at radius 3 is 2.30 bits per heavy atom. The number of rotatable bonds is 5. The second kappa shape index (κ2) is 7.43. The van der Waals surface area contributed by atoms with Gasteiger partial charge in [0.05, 0.1) is 6.26 Å². The van der Waals surface area contributed by atoms with E-state index in [2.05, 4.69) is 0 Å². The number of hydrogen-bond donors (Lipinski definition) is 0. The van der Waals surface area contributed by atoms with Gasteiger partial charge in [-0.15, -0.1) is 0 Å². The lowest BCUT2D eigenvalue weighted by Gasteiger charge is -2.34. The maximum absolute atomic E-state index is 13.1. The molecule has 1 aromatic rings. The summed E-state index contributed by atoms with van der Waals surface area (Å²) >= 11 is 0. The van der Waals surface area contributed by atoms with Crippen molar-refractivity contribution in [3.8, 4) is 0 Å². The summed E-state index contributed by atoms with van der Waals surface area (Å²) in [4.78, 5) is 13.0. The summed E-state index contributed by atoms with van der Waals surface area (Å²) in [7, 11) is -3.29. The van der Waals surface area contributed by atoms with Gasteiger partial charge in [-0.05, 0) is 30.7 Å². The summed E-state index contributed by atoms with van der Waals surface area (Å²) in [6.07, 6.45) is -2.35. The number of nitrogens with zero attached hydrogens (tertiary/aromatic N) is 2. The van der Waals surface area contributed by atoms with Crippen LogP contribution in [-0.4, -0.2) is 61.6 Å². The van der Waals surface area contributed by atoms with E-state index in [0.29, 0.717) is 19.3 Å². The molecule has 0 bridgehead atoms. The van der Waals surface area contributed by atoms with Crippen molar-refractivity contribution in [3.05, 3.63) is 35.9 Å². The van der Waals surface area contributed by atoms with Crippen LogP contribution in [0.2, 0.25) is 0 Å². The Balaban J connectivity index is 1.68. The fraction of sp³-hybridized carbons (Fsp3) is 0.611. The monoisotopic (exact) mass is 404 g/mol. The highest BCUT2D eigenvalue weighted by atomic mass is 32.2. The van der Waals surface area contributed by atoms with Gasteiger partial charge in [0, 0.05) is 31.6 Å². The number of carbonyl (C=O) groups excluding carboxylic acids is 1. The number of carbonyl (C=O) groups is 1. The van der Waals surface area contributed by atoms with Crippen LogP contribution >= 0.6 is 0 Å². The minimum Gasteiger partial charge on any atom is -0.331 e. The molecule has 150 valence electrons. The third-order valence-electron chi connectivity index (χ3n) is 5.39. The van der Waals surface area contributed by atoms with Crippen LogP contribution in [0.3, 0.4) is 0 Å². The highest BCUT2D eigenvalue weighted by molar-refractivity contribution is 7.88. The van der Waals surface area contributed by atoms with Crippen molar-refractivity contribution < 1.29 is 26.4 Å². The average Bonchev–Trinajstić information content (AvgIpc) is 3.39. The fourth-order valence-corrected chi connectivity index (χ4v) is 4.69. The first-order chi connectivity index (χ1) is 12.6. The van der Waals surface area contributed by atoms with Gasteiger partial charge in [0.15, 0.2) is 0 Å². The zero-order chi connectivity index (χ0) is 19.8. The van der Waals surface area contributed by atoms with Crippen molar-refractivity contribution in [1.29, 1.82) is 0 Å². The molecule has 1 aliphatic carbocycles. The van der Waals surface area contributed by atoms with Gasteiger partial charge in [0.2, 0.25) is 10.0 Å². The molecule has 0 unspecified atom stereocenters. The van der Waals surface area contributed by atoms with E-state index < -0.39 is 28.1 Å². The van der Waals surface area contributed by atoms with Gasteiger partial charge >= 0.3 is 12.1 Å². The van der Waals surface area contributed by atoms with Crippen LogP contribution in [0.5, 0.6) is 0 Å². The van der Waals surface area contributed by atoms with E-state index in [4.69, 9.17) is 0 Å². The van der Waals surface area contributed by atoms with E-state index in [1.807, 2.05) is 30.3 Å². The van der Waals surface area contributed by atoms with Crippen LogP contribution in [-0.2, 0) is 14.8 Å². The fourth-order valence-electron chi connectivity index (χ4n) is 3.82. The number of benzene rings is 1. The summed E-state index contributed by atoms with van der Waals surface area (Å²) in [6.45, 7) is 0.582. The third kappa shape index (κ3) is 4.82. The largest absolute Gasteiger partial charge is 0.471 e. The Morgan fingerprint density at radius 2 is 1.78 bits per heavy atom. The Morgan fingerprint density at radius 1 is 1.19 bits per heavy atom. The van der Waals surface area contributed by atoms with E-state index >= 15 is 0 Å². The van der Waals surface area contributed by atoms with Crippen molar-refractivity contribution in [2.45, 2.75) is 37.4 Å². The minimum absolute atomic E-state index is 0.0178. The van der Waals surface area contributed by atoms with Gasteiger partial charge in [-0.25, -0.2) is 12.7 Å². The van der Waals surface area contributed by atoms with Crippen LogP contribution in [0, 0.1) is 5.92 Å². The van der Waals surface area contributed by atoms with Crippen molar-refractivity contribution in [1.82, 2.24) is 9.21 Å². The lowest BCUT2D eigenvalue weighted by Crippen LogP contribution is -2.47. The third-order valence-corrected chi connectivity index (χ3v) is 6.69. The Labute approximate surface area is 157 Å². The summed E-state index contributed by atoms with van der Waals surface area (Å²) in [5.41, 5.74) is 0.939. The number of halogens is 3. The summed E-state index contributed by atoms with van der Waals surface area (Å²) < 4.78 is 63.8. The molecule has 1 saturated heterocycles. The molecule has 9 heteroatoms. The van der Waals surface area contributed by atoms with Crippen LogP contribution in [0.4, 0.5) is 13.2 Å². The smallest absolute Gasteiger partial charge is 0.331 e. The molecule has 1 aliphatic heterocycles. The number of sulfonamides is 1. The zero-order valence-electron chi connectivity index (χ0n) is 15.0. The van der Waals surface area contributed by atoms with Gasteiger partial charge in [0.25, 0.3) is 0 Å². The molecular weight excluding hydrogens is 381 g/mol. The molecule has 5 nitrogen and oxygen atoms in total. The average molecular weight is 404 g/mol. The van der Waals surface area contributed by atoms with Gasteiger partial charge in [-0.3, -0.25) is 4.79 Å². The molecule has 0 spiro atoms. The lowest BCUT2D eigenvalue weighted by atomic mass is 9.97. The molecule has 2 aliphatic rings. The van der Waals surface area contributed by atoms with E-state index in [1.54, 1.807) is 0 Å². The first-order valence-electron chi connectivity index (χ1n) is 8.95. The zero-order valence-corrected chi connectivity index (χ0v) is 15.8. The molecule has 1 amide bonds. The van der Waals surface area contributed by atoms with Crippen LogP contribution in [0.25, 0.3) is 0 Å². The quantitative estimate of drug-likeness (QED) is 0.758. The Kier molecular flexibility index (Phi) is 5.54. The van der Waals surface area contributed by atoms with Gasteiger partial charge in [-0.1, -0.05) is 30.3 Å². The van der Waals surface area contributed by atoms with Gasteiger partial charge in [-0.2, -0.15) is 13.2 Å². The van der Waals surface area contributed by atoms with Crippen molar-refractivity contribution >= 4 is 15.9 Å². The van der Waals surface area contributed by atoms with Crippen LogP contribution in [0.15, 0.2) is 30.3 Å². The van der Waals surface area contributed by atoms with Crippen LogP contribution < -0.4 is 0 Å². The summed E-state index contributed by atoms with van der Waals surface area (Å²) in [5.74, 6) is -2.00. The van der Waals surface area contributed by atoms with Gasteiger partial charge in [0.1, 0.15) is 0 Å². The van der Waals surface area contributed by atoms with Crippen molar-refractivity contribution in [2.75, 3.05) is 25.9 Å². The second-order valence-electron chi connectivity index (χ2n) is 7.38. The molecule has 2 fully saturated rings. The molecule has 0 N–H and O–H groups in total. The maximum Gasteiger partial charge on any atom is 0.471 e. The lowest BCUT2D eigenvalue weighted by molar-refractivity contribution is -0.187. The van der Waals surface area contributed by atoms with Crippen molar-refractivity contribution in [3.63, 3.8) is 0 Å². The molecule has 1 saturated carbocycles. The minimum atomic E-state index is -4.91. The number of piperidine rings is 1.